The maximum Gasteiger partial charge on any atom is 0.578 e. The van der Waals surface area contributed by atoms with Gasteiger partial charge in [0.05, 0.1) is 28.7 Å². The second-order valence-electron chi connectivity index (χ2n) is 6.45. The van der Waals surface area contributed by atoms with Crippen LogP contribution in [0.1, 0.15) is 25.7 Å². The summed E-state index contributed by atoms with van der Waals surface area (Å²) in [5.74, 6) is -1.45. The lowest BCUT2D eigenvalue weighted by Gasteiger charge is -2.27. The van der Waals surface area contributed by atoms with Gasteiger partial charge in [-0.15, -0.1) is 13.2 Å². The quantitative estimate of drug-likeness (QED) is 0.239. The molecule has 0 aromatic heterocycles. The SMILES string of the molecule is N#CC1CCCC[C@@H]1N/C=C(\C(=N)Nc1ccc([S+]([O-])C(F)(F)F)cc1)C(N)=O. The summed E-state index contributed by atoms with van der Waals surface area (Å²) >= 11 is -3.15. The average Bonchev–Trinajstić information content (AvgIpc) is 2.67. The zero-order valence-electron chi connectivity index (χ0n) is 15.3. The number of amides is 1. The van der Waals surface area contributed by atoms with E-state index in [1.54, 1.807) is 0 Å². The molecule has 1 fully saturated rings. The molecule has 5 N–H and O–H groups in total. The molecule has 1 saturated carbocycles. The van der Waals surface area contributed by atoms with Gasteiger partial charge in [-0.25, -0.2) is 0 Å². The van der Waals surface area contributed by atoms with E-state index in [9.17, 15) is 27.8 Å². The third kappa shape index (κ3) is 6.13. The fourth-order valence-corrected chi connectivity index (χ4v) is 3.60. The fourth-order valence-electron chi connectivity index (χ4n) is 2.95. The second-order valence-corrected chi connectivity index (χ2v) is 7.93. The normalized spacial score (nSPS) is 21.0. The lowest BCUT2D eigenvalue weighted by atomic mass is 9.85. The summed E-state index contributed by atoms with van der Waals surface area (Å²) < 4.78 is 48.8. The first-order chi connectivity index (χ1) is 13.6. The van der Waals surface area contributed by atoms with Crippen molar-refractivity contribution in [1.29, 1.82) is 10.7 Å². The summed E-state index contributed by atoms with van der Waals surface area (Å²) in [7, 11) is 0. The van der Waals surface area contributed by atoms with Gasteiger partial charge < -0.3 is 20.9 Å². The predicted octanol–water partition coefficient (Wildman–Crippen LogP) is 2.74. The van der Waals surface area contributed by atoms with Gasteiger partial charge in [0.15, 0.2) is 4.90 Å². The highest BCUT2D eigenvalue weighted by molar-refractivity contribution is 7.92. The van der Waals surface area contributed by atoms with Crippen LogP contribution in [0.5, 0.6) is 0 Å². The molecule has 0 aliphatic heterocycles. The van der Waals surface area contributed by atoms with Gasteiger partial charge >= 0.3 is 5.51 Å². The van der Waals surface area contributed by atoms with Crippen molar-refractivity contribution in [3.05, 3.63) is 36.0 Å². The topological polar surface area (TPSA) is 138 Å². The van der Waals surface area contributed by atoms with Crippen LogP contribution < -0.4 is 16.4 Å². The minimum Gasteiger partial charge on any atom is -0.604 e. The van der Waals surface area contributed by atoms with Crippen molar-refractivity contribution < 1.29 is 22.5 Å². The molecule has 7 nitrogen and oxygen atoms in total. The fraction of sp³-hybridized carbons (Fsp3) is 0.389. The number of rotatable bonds is 6. The smallest absolute Gasteiger partial charge is 0.578 e. The van der Waals surface area contributed by atoms with Gasteiger partial charge in [-0.05, 0) is 37.1 Å². The predicted molar refractivity (Wildman–Crippen MR) is 102 cm³/mol. The molecule has 3 atom stereocenters. The summed E-state index contributed by atoms with van der Waals surface area (Å²) in [5, 5.41) is 22.8. The van der Waals surface area contributed by atoms with Gasteiger partial charge in [-0.2, -0.15) is 5.26 Å². The van der Waals surface area contributed by atoms with Gasteiger partial charge in [0, 0.05) is 17.9 Å². The van der Waals surface area contributed by atoms with Crippen LogP contribution in [0.4, 0.5) is 18.9 Å². The van der Waals surface area contributed by atoms with E-state index in [4.69, 9.17) is 11.1 Å². The molecule has 0 radical (unpaired) electrons. The summed E-state index contributed by atoms with van der Waals surface area (Å²) in [6, 6.07) is 6.53. The van der Waals surface area contributed by atoms with E-state index >= 15 is 0 Å². The number of nitrogens with two attached hydrogens (primary N) is 1. The summed E-state index contributed by atoms with van der Waals surface area (Å²) in [6.07, 6.45) is 4.67. The minimum absolute atomic E-state index is 0.160. The van der Waals surface area contributed by atoms with Crippen LogP contribution in [0.25, 0.3) is 0 Å². The Balaban J connectivity index is 2.07. The first kappa shape index (κ1) is 22.6. The van der Waals surface area contributed by atoms with Crippen molar-refractivity contribution in [1.82, 2.24) is 5.32 Å². The summed E-state index contributed by atoms with van der Waals surface area (Å²) in [5.41, 5.74) is 0.511. The number of amidine groups is 1. The molecular weight excluding hydrogens is 407 g/mol. The van der Waals surface area contributed by atoms with E-state index < -0.39 is 27.5 Å². The number of hydrogen-bond acceptors (Lipinski definition) is 5. The molecule has 1 amide bonds. The van der Waals surface area contributed by atoms with Crippen LogP contribution in [-0.4, -0.2) is 27.8 Å². The lowest BCUT2D eigenvalue weighted by molar-refractivity contribution is -0.114. The lowest BCUT2D eigenvalue weighted by Crippen LogP contribution is -2.36. The zero-order chi connectivity index (χ0) is 21.6. The molecule has 1 aromatic carbocycles. The molecule has 2 unspecified atom stereocenters. The number of nitrogens with zero attached hydrogens (tertiary/aromatic N) is 1. The molecular formula is C18H20F3N5O2S. The van der Waals surface area contributed by atoms with Crippen molar-refractivity contribution in [3.63, 3.8) is 0 Å². The number of hydrogen-bond donors (Lipinski definition) is 4. The van der Waals surface area contributed by atoms with Crippen molar-refractivity contribution in [2.45, 2.75) is 42.1 Å². The average molecular weight is 427 g/mol. The highest BCUT2D eigenvalue weighted by Gasteiger charge is 2.45. The van der Waals surface area contributed by atoms with Gasteiger partial charge in [0.1, 0.15) is 5.84 Å². The molecule has 29 heavy (non-hydrogen) atoms. The van der Waals surface area contributed by atoms with E-state index in [0.717, 1.165) is 37.8 Å². The first-order valence-corrected chi connectivity index (χ1v) is 9.88. The Morgan fingerprint density at radius 2 is 1.93 bits per heavy atom. The molecule has 0 spiro atoms. The Morgan fingerprint density at radius 3 is 2.48 bits per heavy atom. The number of carbonyl (C=O) groups excluding carboxylic acids is 1. The Hall–Kier alpha value is -2.71. The number of nitriles is 1. The molecule has 11 heteroatoms. The molecule has 2 rings (SSSR count). The third-order valence-electron chi connectivity index (χ3n) is 4.46. The molecule has 0 saturated heterocycles. The number of benzene rings is 1. The number of alkyl halides is 3. The van der Waals surface area contributed by atoms with E-state index in [1.807, 2.05) is 0 Å². The summed E-state index contributed by atoms with van der Waals surface area (Å²) in [4.78, 5) is 11.3. The molecule has 1 aliphatic carbocycles. The monoisotopic (exact) mass is 427 g/mol. The van der Waals surface area contributed by atoms with Crippen molar-refractivity contribution in [2.24, 2.45) is 11.7 Å². The standard InChI is InChI=1S/C18H20F3N5O2S/c19-18(20,21)29(28)13-7-5-12(6-8-13)26-16(23)14(17(24)27)10-25-15-4-2-1-3-11(15)9-22/h5-8,10-11,15,25H,1-4H2,(H2,23,26)(H2,24,27)/b14-10+/t11?,15-,29?/m0/s1. The maximum absolute atomic E-state index is 12.5. The van der Waals surface area contributed by atoms with Gasteiger partial charge in [-0.3, -0.25) is 10.2 Å². The Bertz CT molecular complexity index is 820. The van der Waals surface area contributed by atoms with Gasteiger partial charge in [0.2, 0.25) is 0 Å². The Kier molecular flexibility index (Phi) is 7.53. The van der Waals surface area contributed by atoms with Gasteiger partial charge in [0.25, 0.3) is 5.91 Å². The highest BCUT2D eigenvalue weighted by atomic mass is 32.2. The van der Waals surface area contributed by atoms with Crippen LogP contribution in [0.3, 0.4) is 0 Å². The zero-order valence-corrected chi connectivity index (χ0v) is 16.1. The van der Waals surface area contributed by atoms with Crippen LogP contribution >= 0.6 is 0 Å². The van der Waals surface area contributed by atoms with Crippen LogP contribution in [0.15, 0.2) is 40.9 Å². The van der Waals surface area contributed by atoms with E-state index in [0.29, 0.717) is 0 Å². The number of nitrogens with one attached hydrogen (secondary N) is 3. The number of halogens is 3. The second kappa shape index (κ2) is 9.67. The van der Waals surface area contributed by atoms with E-state index in [1.165, 1.54) is 18.3 Å². The van der Waals surface area contributed by atoms with Crippen LogP contribution in [0.2, 0.25) is 0 Å². The maximum atomic E-state index is 12.5. The first-order valence-electron chi connectivity index (χ1n) is 8.73. The Morgan fingerprint density at radius 1 is 1.31 bits per heavy atom. The molecule has 0 bridgehead atoms. The number of primary amides is 1. The Labute approximate surface area is 168 Å². The van der Waals surface area contributed by atoms with E-state index in [-0.39, 0.29) is 29.1 Å². The molecule has 156 valence electrons. The van der Waals surface area contributed by atoms with Gasteiger partial charge in [-0.1, -0.05) is 12.8 Å². The van der Waals surface area contributed by atoms with Crippen LogP contribution in [0, 0.1) is 22.7 Å². The highest BCUT2D eigenvalue weighted by Crippen LogP contribution is 2.30. The minimum atomic E-state index is -4.87. The van der Waals surface area contributed by atoms with Crippen molar-refractivity contribution in [2.75, 3.05) is 5.32 Å². The largest absolute Gasteiger partial charge is 0.604 e. The molecule has 0 heterocycles. The summed E-state index contributed by atoms with van der Waals surface area (Å²) in [6.45, 7) is 0. The molecule has 1 aliphatic rings. The molecule has 1 aromatic rings. The van der Waals surface area contributed by atoms with E-state index in [2.05, 4.69) is 16.7 Å². The number of carbonyl (C=O) groups is 1. The van der Waals surface area contributed by atoms with Crippen molar-refractivity contribution >= 4 is 28.6 Å². The van der Waals surface area contributed by atoms with Crippen LogP contribution in [-0.2, 0) is 16.0 Å². The van der Waals surface area contributed by atoms with Crippen molar-refractivity contribution in [3.8, 4) is 6.07 Å². The third-order valence-corrected chi connectivity index (χ3v) is 5.58. The number of anilines is 1.